The fourth-order valence-corrected chi connectivity index (χ4v) is 4.21. The molecular weight excluding hydrogens is 395 g/mol. The number of rotatable bonds is 7. The van der Waals surface area contributed by atoms with Gasteiger partial charge in [0.25, 0.3) is 5.91 Å². The Kier molecular flexibility index (Phi) is 6.51. The van der Waals surface area contributed by atoms with E-state index in [0.717, 1.165) is 43.2 Å². The molecule has 0 radical (unpaired) electrons. The van der Waals surface area contributed by atoms with Crippen LogP contribution in [0.25, 0.3) is 11.0 Å². The van der Waals surface area contributed by atoms with Crippen LogP contribution < -0.4 is 10.6 Å². The van der Waals surface area contributed by atoms with Crippen LogP contribution in [0, 0.1) is 5.82 Å². The quantitative estimate of drug-likeness (QED) is 0.401. The first kappa shape index (κ1) is 21.3. The molecule has 1 aromatic carbocycles. The van der Waals surface area contributed by atoms with Crippen molar-refractivity contribution in [3.8, 4) is 0 Å². The Morgan fingerprint density at radius 2 is 2.00 bits per heavy atom. The van der Waals surface area contributed by atoms with Gasteiger partial charge in [0.2, 0.25) is 0 Å². The van der Waals surface area contributed by atoms with Gasteiger partial charge in [0.15, 0.2) is 0 Å². The SMILES string of the molecule is CCCC(O)c1cc2c(NC3CCCCC3)c(C(=O)Nc3ccc(F)cc3)cnc2[nH]1. The predicted octanol–water partition coefficient (Wildman–Crippen LogP) is 5.53. The van der Waals surface area contributed by atoms with Gasteiger partial charge in [0, 0.05) is 29.0 Å². The highest BCUT2D eigenvalue weighted by molar-refractivity contribution is 6.12. The van der Waals surface area contributed by atoms with Gasteiger partial charge in [0.05, 0.1) is 17.4 Å². The first-order valence-corrected chi connectivity index (χ1v) is 11.1. The van der Waals surface area contributed by atoms with Crippen molar-refractivity contribution in [2.75, 3.05) is 10.6 Å². The number of benzene rings is 1. The summed E-state index contributed by atoms with van der Waals surface area (Å²) in [4.78, 5) is 20.8. The summed E-state index contributed by atoms with van der Waals surface area (Å²) in [5.74, 6) is -0.664. The maximum atomic E-state index is 13.2. The summed E-state index contributed by atoms with van der Waals surface area (Å²) in [7, 11) is 0. The zero-order valence-electron chi connectivity index (χ0n) is 17.7. The summed E-state index contributed by atoms with van der Waals surface area (Å²) in [5.41, 5.74) is 3.01. The number of fused-ring (bicyclic) bond motifs is 1. The molecule has 0 aliphatic heterocycles. The van der Waals surface area contributed by atoms with Gasteiger partial charge in [0.1, 0.15) is 11.5 Å². The number of anilines is 2. The first-order chi connectivity index (χ1) is 15.0. The van der Waals surface area contributed by atoms with E-state index in [1.165, 1.54) is 30.7 Å². The van der Waals surface area contributed by atoms with Crippen molar-refractivity contribution < 1.29 is 14.3 Å². The number of aliphatic hydroxyl groups excluding tert-OH is 1. The van der Waals surface area contributed by atoms with Crippen LogP contribution in [0.3, 0.4) is 0 Å². The number of carbonyl (C=O) groups is 1. The Labute approximate surface area is 181 Å². The molecular formula is C24H29FN4O2. The molecule has 1 saturated carbocycles. The average molecular weight is 425 g/mol. The molecule has 4 rings (SSSR count). The molecule has 0 bridgehead atoms. The molecule has 0 spiro atoms. The van der Waals surface area contributed by atoms with Gasteiger partial charge in [-0.15, -0.1) is 0 Å². The topological polar surface area (TPSA) is 90.0 Å². The molecule has 6 nitrogen and oxygen atoms in total. The Balaban J connectivity index is 1.70. The van der Waals surface area contributed by atoms with E-state index in [2.05, 4.69) is 20.6 Å². The van der Waals surface area contributed by atoms with Crippen LogP contribution in [0.15, 0.2) is 36.5 Å². The number of nitrogens with zero attached hydrogens (tertiary/aromatic N) is 1. The number of aromatic amines is 1. The van der Waals surface area contributed by atoms with Crippen LogP contribution >= 0.6 is 0 Å². The van der Waals surface area contributed by atoms with Crippen molar-refractivity contribution in [1.29, 1.82) is 0 Å². The minimum absolute atomic E-state index is 0.288. The summed E-state index contributed by atoms with van der Waals surface area (Å²) < 4.78 is 13.2. The lowest BCUT2D eigenvalue weighted by Gasteiger charge is -2.25. The molecule has 1 amide bonds. The van der Waals surface area contributed by atoms with Gasteiger partial charge < -0.3 is 20.7 Å². The van der Waals surface area contributed by atoms with E-state index in [4.69, 9.17) is 0 Å². The van der Waals surface area contributed by atoms with Gasteiger partial charge in [-0.05, 0) is 49.6 Å². The van der Waals surface area contributed by atoms with Gasteiger partial charge in [-0.1, -0.05) is 32.6 Å². The predicted molar refractivity (Wildman–Crippen MR) is 121 cm³/mol. The minimum atomic E-state index is -0.599. The van der Waals surface area contributed by atoms with E-state index >= 15 is 0 Å². The van der Waals surface area contributed by atoms with Crippen molar-refractivity contribution in [3.05, 3.63) is 53.6 Å². The molecule has 7 heteroatoms. The summed E-state index contributed by atoms with van der Waals surface area (Å²) in [6.45, 7) is 2.03. The maximum absolute atomic E-state index is 13.2. The van der Waals surface area contributed by atoms with E-state index in [-0.39, 0.29) is 17.8 Å². The second kappa shape index (κ2) is 9.47. The Hall–Kier alpha value is -2.93. The van der Waals surface area contributed by atoms with E-state index in [9.17, 15) is 14.3 Å². The van der Waals surface area contributed by atoms with Gasteiger partial charge in [-0.3, -0.25) is 4.79 Å². The molecule has 4 N–H and O–H groups in total. The van der Waals surface area contributed by atoms with Crippen LogP contribution in [0.1, 0.15) is 74.0 Å². The number of halogens is 1. The largest absolute Gasteiger partial charge is 0.387 e. The van der Waals surface area contributed by atoms with Crippen LogP contribution in [0.2, 0.25) is 0 Å². The number of aromatic nitrogens is 2. The highest BCUT2D eigenvalue weighted by atomic mass is 19.1. The monoisotopic (exact) mass is 424 g/mol. The molecule has 1 aliphatic rings. The third-order valence-corrected chi connectivity index (χ3v) is 5.90. The maximum Gasteiger partial charge on any atom is 0.259 e. The van der Waals surface area contributed by atoms with Crippen LogP contribution in [0.5, 0.6) is 0 Å². The number of hydrogen-bond donors (Lipinski definition) is 4. The van der Waals surface area contributed by atoms with Gasteiger partial charge >= 0.3 is 0 Å². The molecule has 164 valence electrons. The second-order valence-corrected chi connectivity index (χ2v) is 8.28. The first-order valence-electron chi connectivity index (χ1n) is 11.1. The average Bonchev–Trinajstić information content (AvgIpc) is 3.21. The van der Waals surface area contributed by atoms with Crippen molar-refractivity contribution in [3.63, 3.8) is 0 Å². The summed E-state index contributed by atoms with van der Waals surface area (Å²) in [5, 5.41) is 17.7. The number of hydrogen-bond acceptors (Lipinski definition) is 4. The zero-order valence-corrected chi connectivity index (χ0v) is 17.7. The Bertz CT molecular complexity index is 1040. The smallest absolute Gasteiger partial charge is 0.259 e. The third kappa shape index (κ3) is 4.88. The van der Waals surface area contributed by atoms with E-state index < -0.39 is 6.10 Å². The van der Waals surface area contributed by atoms with Crippen LogP contribution in [0.4, 0.5) is 15.8 Å². The normalized spacial score (nSPS) is 15.7. The van der Waals surface area contributed by atoms with Crippen molar-refractivity contribution >= 4 is 28.3 Å². The minimum Gasteiger partial charge on any atom is -0.387 e. The summed E-state index contributed by atoms with van der Waals surface area (Å²) in [6, 6.07) is 7.86. The van der Waals surface area contributed by atoms with Crippen molar-refractivity contribution in [1.82, 2.24) is 9.97 Å². The fourth-order valence-electron chi connectivity index (χ4n) is 4.21. The van der Waals surface area contributed by atoms with Crippen molar-refractivity contribution in [2.45, 2.75) is 64.0 Å². The van der Waals surface area contributed by atoms with Crippen LogP contribution in [-0.2, 0) is 0 Å². The third-order valence-electron chi connectivity index (χ3n) is 5.90. The van der Waals surface area contributed by atoms with Gasteiger partial charge in [-0.2, -0.15) is 0 Å². The highest BCUT2D eigenvalue weighted by Gasteiger charge is 2.22. The molecule has 3 aromatic rings. The number of nitrogens with one attached hydrogen (secondary N) is 3. The number of aliphatic hydroxyl groups is 1. The number of H-pyrrole nitrogens is 1. The van der Waals surface area contributed by atoms with E-state index in [1.54, 1.807) is 6.20 Å². The highest BCUT2D eigenvalue weighted by Crippen LogP contribution is 2.32. The standard InChI is InChI=1S/C24H29FN4O2/c1-2-6-21(30)20-13-18-22(27-16-7-4-3-5-8-16)19(14-26-23(18)29-20)24(31)28-17-11-9-15(25)10-12-17/h9-14,16,21,30H,2-8H2,1H3,(H,28,31)(H2,26,27,29). The summed E-state index contributed by atoms with van der Waals surface area (Å²) in [6.07, 6.45) is 8.14. The lowest BCUT2D eigenvalue weighted by molar-refractivity contribution is 0.102. The molecule has 2 heterocycles. The molecule has 0 saturated heterocycles. The Morgan fingerprint density at radius 1 is 1.26 bits per heavy atom. The number of pyridine rings is 1. The lowest BCUT2D eigenvalue weighted by atomic mass is 9.95. The second-order valence-electron chi connectivity index (χ2n) is 8.28. The fraction of sp³-hybridized carbons (Fsp3) is 0.417. The molecule has 1 fully saturated rings. The molecule has 1 atom stereocenters. The lowest BCUT2D eigenvalue weighted by Crippen LogP contribution is -2.24. The Morgan fingerprint density at radius 3 is 2.71 bits per heavy atom. The molecule has 1 unspecified atom stereocenters. The number of amides is 1. The zero-order chi connectivity index (χ0) is 21.8. The van der Waals surface area contributed by atoms with E-state index in [0.29, 0.717) is 29.0 Å². The van der Waals surface area contributed by atoms with E-state index in [1.807, 2.05) is 13.0 Å². The van der Waals surface area contributed by atoms with Gasteiger partial charge in [-0.25, -0.2) is 9.37 Å². The number of carbonyl (C=O) groups excluding carboxylic acids is 1. The van der Waals surface area contributed by atoms with Crippen molar-refractivity contribution in [2.24, 2.45) is 0 Å². The molecule has 2 aromatic heterocycles. The molecule has 31 heavy (non-hydrogen) atoms. The van der Waals surface area contributed by atoms with Crippen LogP contribution in [-0.4, -0.2) is 27.0 Å². The summed E-state index contributed by atoms with van der Waals surface area (Å²) >= 11 is 0. The molecule has 1 aliphatic carbocycles.